The predicted octanol–water partition coefficient (Wildman–Crippen LogP) is 4.39. The lowest BCUT2D eigenvalue weighted by Crippen LogP contribution is -2.43. The van der Waals surface area contributed by atoms with E-state index in [0.29, 0.717) is 43.8 Å². The number of pyridine rings is 1. The topological polar surface area (TPSA) is 79.9 Å². The van der Waals surface area contributed by atoms with Crippen LogP contribution >= 0.6 is 11.8 Å². The largest absolute Gasteiger partial charge is 0.467 e. The quantitative estimate of drug-likeness (QED) is 0.402. The van der Waals surface area contributed by atoms with Crippen LogP contribution in [0.2, 0.25) is 0 Å². The summed E-state index contributed by atoms with van der Waals surface area (Å²) in [6, 6.07) is 17.3. The number of fused-ring (bicyclic) bond motifs is 1. The summed E-state index contributed by atoms with van der Waals surface area (Å²) in [5.41, 5.74) is 2.59. The summed E-state index contributed by atoms with van der Waals surface area (Å²) in [6.07, 6.45) is 6.92. The first kappa shape index (κ1) is 22.3. The van der Waals surface area contributed by atoms with E-state index in [1.54, 1.807) is 24.1 Å². The number of rotatable bonds is 7. The highest BCUT2D eigenvalue weighted by atomic mass is 32.2. The molecule has 1 aliphatic heterocycles. The van der Waals surface area contributed by atoms with Gasteiger partial charge in [-0.1, -0.05) is 18.2 Å². The number of benzene rings is 1. The molecular formula is C26H26N4O3S. The molecule has 1 N–H and O–H groups in total. The van der Waals surface area contributed by atoms with Crippen LogP contribution in [0.3, 0.4) is 0 Å². The zero-order valence-electron chi connectivity index (χ0n) is 18.7. The van der Waals surface area contributed by atoms with Crippen molar-refractivity contribution < 1.29 is 14.0 Å². The van der Waals surface area contributed by atoms with Gasteiger partial charge in [0.05, 0.1) is 24.1 Å². The van der Waals surface area contributed by atoms with E-state index in [9.17, 15) is 9.59 Å². The lowest BCUT2D eigenvalue weighted by molar-refractivity contribution is -0.126. The van der Waals surface area contributed by atoms with Crippen LogP contribution in [0.25, 0.3) is 5.65 Å². The Labute approximate surface area is 202 Å². The number of carbonyl (C=O) groups is 2. The second kappa shape index (κ2) is 10.2. The minimum absolute atomic E-state index is 0.0203. The number of imidazole rings is 1. The summed E-state index contributed by atoms with van der Waals surface area (Å²) in [6.45, 7) is 1.54. The van der Waals surface area contributed by atoms with E-state index >= 15 is 0 Å². The number of likely N-dealkylation sites (tertiary alicyclic amines) is 1. The molecular weight excluding hydrogens is 448 g/mol. The first-order chi connectivity index (χ1) is 16.7. The van der Waals surface area contributed by atoms with E-state index in [1.165, 1.54) is 0 Å². The SMILES string of the molecule is O=C(NCc1ccco1)C1CCN(C(=O)c2ccccc2SCc2cn3ccccc3n2)CC1. The molecule has 2 amide bonds. The number of furan rings is 1. The molecule has 0 radical (unpaired) electrons. The van der Waals surface area contributed by atoms with Crippen LogP contribution in [0.4, 0.5) is 0 Å². The average molecular weight is 475 g/mol. The first-order valence-electron chi connectivity index (χ1n) is 11.4. The number of aromatic nitrogens is 2. The van der Waals surface area contributed by atoms with Crippen LogP contribution in [0.5, 0.6) is 0 Å². The van der Waals surface area contributed by atoms with Crippen molar-refractivity contribution in [2.45, 2.75) is 30.0 Å². The Morgan fingerprint density at radius 1 is 1.06 bits per heavy atom. The normalized spacial score (nSPS) is 14.4. The van der Waals surface area contributed by atoms with Gasteiger partial charge in [0.25, 0.3) is 5.91 Å². The van der Waals surface area contributed by atoms with Gasteiger partial charge in [-0.25, -0.2) is 4.98 Å². The molecule has 4 aromatic rings. The van der Waals surface area contributed by atoms with Crippen molar-refractivity contribution >= 4 is 29.2 Å². The fourth-order valence-electron chi connectivity index (χ4n) is 4.22. The summed E-state index contributed by atoms with van der Waals surface area (Å²) in [5.74, 6) is 1.38. The number of hydrogen-bond donors (Lipinski definition) is 1. The van der Waals surface area contributed by atoms with Crippen molar-refractivity contribution in [3.63, 3.8) is 0 Å². The first-order valence-corrected chi connectivity index (χ1v) is 12.4. The van der Waals surface area contributed by atoms with Crippen molar-refractivity contribution in [1.29, 1.82) is 0 Å². The minimum atomic E-state index is -0.0846. The zero-order chi connectivity index (χ0) is 23.3. The molecule has 4 heterocycles. The molecule has 174 valence electrons. The van der Waals surface area contributed by atoms with Crippen LogP contribution in [0, 0.1) is 5.92 Å². The van der Waals surface area contributed by atoms with Crippen LogP contribution in [0.1, 0.15) is 34.7 Å². The van der Waals surface area contributed by atoms with Crippen molar-refractivity contribution in [2.75, 3.05) is 13.1 Å². The van der Waals surface area contributed by atoms with Crippen LogP contribution in [0.15, 0.2) is 82.6 Å². The van der Waals surface area contributed by atoms with E-state index in [0.717, 1.165) is 22.0 Å². The molecule has 34 heavy (non-hydrogen) atoms. The Morgan fingerprint density at radius 3 is 2.68 bits per heavy atom. The van der Waals surface area contributed by atoms with Gasteiger partial charge in [0.2, 0.25) is 5.91 Å². The van der Waals surface area contributed by atoms with Gasteiger partial charge < -0.3 is 19.0 Å². The average Bonchev–Trinajstić information content (AvgIpc) is 3.55. The maximum atomic E-state index is 13.3. The number of piperidine rings is 1. The third-order valence-corrected chi connectivity index (χ3v) is 7.18. The molecule has 0 saturated carbocycles. The number of nitrogens with zero attached hydrogens (tertiary/aromatic N) is 3. The number of hydrogen-bond acceptors (Lipinski definition) is 5. The Bertz CT molecular complexity index is 1240. The molecule has 1 saturated heterocycles. The van der Waals surface area contributed by atoms with Crippen molar-refractivity contribution in [1.82, 2.24) is 19.6 Å². The van der Waals surface area contributed by atoms with Crippen LogP contribution < -0.4 is 5.32 Å². The van der Waals surface area contributed by atoms with Gasteiger partial charge in [0.15, 0.2) is 0 Å². The summed E-state index contributed by atoms with van der Waals surface area (Å²) >= 11 is 1.62. The number of amides is 2. The van der Waals surface area contributed by atoms with Crippen molar-refractivity contribution in [3.8, 4) is 0 Å². The molecule has 3 aromatic heterocycles. The van der Waals surface area contributed by atoms with Gasteiger partial charge in [-0.05, 0) is 49.2 Å². The number of carbonyl (C=O) groups excluding carboxylic acids is 2. The Morgan fingerprint density at radius 2 is 1.88 bits per heavy atom. The van der Waals surface area contributed by atoms with Crippen LogP contribution in [-0.2, 0) is 17.1 Å². The van der Waals surface area contributed by atoms with Crippen LogP contribution in [-0.4, -0.2) is 39.2 Å². The second-order valence-electron chi connectivity index (χ2n) is 8.35. The zero-order valence-corrected chi connectivity index (χ0v) is 19.5. The maximum absolute atomic E-state index is 13.3. The lowest BCUT2D eigenvalue weighted by Gasteiger charge is -2.31. The fourth-order valence-corrected chi connectivity index (χ4v) is 5.15. The fraction of sp³-hybridized carbons (Fsp3) is 0.269. The third-order valence-electron chi connectivity index (χ3n) is 6.08. The number of nitrogens with one attached hydrogen (secondary N) is 1. The maximum Gasteiger partial charge on any atom is 0.254 e. The highest BCUT2D eigenvalue weighted by molar-refractivity contribution is 7.98. The summed E-state index contributed by atoms with van der Waals surface area (Å²) in [4.78, 5) is 33.3. The molecule has 1 aromatic carbocycles. The smallest absolute Gasteiger partial charge is 0.254 e. The lowest BCUT2D eigenvalue weighted by atomic mass is 9.95. The van der Waals surface area contributed by atoms with Crippen molar-refractivity contribution in [2.24, 2.45) is 5.92 Å². The Kier molecular flexibility index (Phi) is 6.67. The highest BCUT2D eigenvalue weighted by Crippen LogP contribution is 2.28. The van der Waals surface area contributed by atoms with E-state index in [2.05, 4.69) is 10.3 Å². The van der Waals surface area contributed by atoms with Gasteiger partial charge in [-0.15, -0.1) is 11.8 Å². The van der Waals surface area contributed by atoms with Gasteiger partial charge in [-0.3, -0.25) is 9.59 Å². The highest BCUT2D eigenvalue weighted by Gasteiger charge is 2.28. The second-order valence-corrected chi connectivity index (χ2v) is 9.36. The molecule has 1 aliphatic rings. The molecule has 5 rings (SSSR count). The molecule has 1 fully saturated rings. The molecule has 8 heteroatoms. The Hall–Kier alpha value is -3.52. The minimum Gasteiger partial charge on any atom is -0.467 e. The monoisotopic (exact) mass is 474 g/mol. The van der Waals surface area contributed by atoms with Gasteiger partial charge in [0, 0.05) is 42.0 Å². The number of thioether (sulfide) groups is 1. The summed E-state index contributed by atoms with van der Waals surface area (Å²) in [5, 5.41) is 2.93. The third kappa shape index (κ3) is 5.02. The molecule has 0 atom stereocenters. The molecule has 0 unspecified atom stereocenters. The van der Waals surface area contributed by atoms with Gasteiger partial charge in [-0.2, -0.15) is 0 Å². The van der Waals surface area contributed by atoms with E-state index in [1.807, 2.05) is 70.2 Å². The molecule has 0 aliphatic carbocycles. The molecule has 7 nitrogen and oxygen atoms in total. The molecule has 0 bridgehead atoms. The standard InChI is InChI=1S/C26H26N4O3S/c31-25(27-16-21-6-5-15-33-21)19-10-13-29(14-11-19)26(32)22-7-1-2-8-23(22)34-18-20-17-30-12-4-3-9-24(30)28-20/h1-9,12,15,17,19H,10-11,13-14,16,18H2,(H,27,31). The van der Waals surface area contributed by atoms with Gasteiger partial charge in [0.1, 0.15) is 11.4 Å². The molecule has 0 spiro atoms. The predicted molar refractivity (Wildman–Crippen MR) is 130 cm³/mol. The Balaban J connectivity index is 1.17. The van der Waals surface area contributed by atoms with E-state index in [-0.39, 0.29) is 17.7 Å². The summed E-state index contributed by atoms with van der Waals surface area (Å²) < 4.78 is 7.27. The van der Waals surface area contributed by atoms with E-state index < -0.39 is 0 Å². The van der Waals surface area contributed by atoms with Gasteiger partial charge >= 0.3 is 0 Å². The van der Waals surface area contributed by atoms with Crippen molar-refractivity contribution in [3.05, 3.63) is 90.3 Å². The summed E-state index contributed by atoms with van der Waals surface area (Å²) in [7, 11) is 0. The van der Waals surface area contributed by atoms with E-state index in [4.69, 9.17) is 4.42 Å².